The van der Waals surface area contributed by atoms with Crippen molar-refractivity contribution in [3.63, 3.8) is 0 Å². The highest BCUT2D eigenvalue weighted by Crippen LogP contribution is 2.25. The molecule has 1 aromatic heterocycles. The fourth-order valence-corrected chi connectivity index (χ4v) is 1.81. The average Bonchev–Trinajstić information content (AvgIpc) is 2.51. The lowest BCUT2D eigenvalue weighted by Crippen LogP contribution is -2.23. The van der Waals surface area contributed by atoms with Crippen LogP contribution in [-0.2, 0) is 0 Å². The number of β-amino-alcohol motifs (C(OH)–C–C–N with tert-alkyl or cyclic N) is 2. The molecule has 15 heavy (non-hydrogen) atoms. The van der Waals surface area contributed by atoms with Gasteiger partial charge in [-0.25, -0.2) is 9.97 Å². The third-order valence-corrected chi connectivity index (χ3v) is 2.94. The van der Waals surface area contributed by atoms with Crippen molar-refractivity contribution in [2.75, 3.05) is 18.0 Å². The van der Waals surface area contributed by atoms with Crippen molar-refractivity contribution in [2.24, 2.45) is 0 Å². The van der Waals surface area contributed by atoms with E-state index in [4.69, 9.17) is 11.6 Å². The summed E-state index contributed by atoms with van der Waals surface area (Å²) in [5, 5.41) is 19.2. The number of aliphatic hydroxyl groups excluding tert-OH is 2. The minimum atomic E-state index is -0.724. The Morgan fingerprint density at radius 3 is 2.53 bits per heavy atom. The Labute approximate surface area is 92.3 Å². The number of rotatable bonds is 1. The van der Waals surface area contributed by atoms with Crippen LogP contribution in [0.1, 0.15) is 5.56 Å². The molecular weight excluding hydrogens is 218 g/mol. The van der Waals surface area contributed by atoms with Gasteiger partial charge in [0.05, 0.1) is 12.2 Å². The fraction of sp³-hybridized carbons (Fsp3) is 0.556. The zero-order valence-electron chi connectivity index (χ0n) is 8.26. The van der Waals surface area contributed by atoms with Crippen LogP contribution in [-0.4, -0.2) is 45.5 Å². The summed E-state index contributed by atoms with van der Waals surface area (Å²) >= 11 is 5.86. The van der Waals surface area contributed by atoms with Gasteiger partial charge in [-0.2, -0.15) is 0 Å². The van der Waals surface area contributed by atoms with Crippen molar-refractivity contribution in [3.8, 4) is 0 Å². The Bertz CT molecular complexity index is 364. The quantitative estimate of drug-likeness (QED) is 0.663. The maximum absolute atomic E-state index is 9.42. The van der Waals surface area contributed by atoms with E-state index in [2.05, 4.69) is 9.97 Å². The van der Waals surface area contributed by atoms with Gasteiger partial charge in [-0.05, 0) is 6.92 Å². The first-order valence-electron chi connectivity index (χ1n) is 4.67. The van der Waals surface area contributed by atoms with E-state index < -0.39 is 12.2 Å². The highest BCUT2D eigenvalue weighted by Gasteiger charge is 2.31. The number of aliphatic hydroxyl groups is 2. The van der Waals surface area contributed by atoms with Gasteiger partial charge in [0.2, 0.25) is 0 Å². The molecule has 0 aromatic carbocycles. The molecule has 0 aliphatic carbocycles. The van der Waals surface area contributed by atoms with Crippen molar-refractivity contribution < 1.29 is 10.2 Å². The van der Waals surface area contributed by atoms with Gasteiger partial charge >= 0.3 is 0 Å². The van der Waals surface area contributed by atoms with Crippen LogP contribution >= 0.6 is 11.6 Å². The second-order valence-corrected chi connectivity index (χ2v) is 4.01. The summed E-state index contributed by atoms with van der Waals surface area (Å²) < 4.78 is 0. The van der Waals surface area contributed by atoms with Crippen molar-refractivity contribution in [1.82, 2.24) is 9.97 Å². The van der Waals surface area contributed by atoms with Gasteiger partial charge in [-0.15, -0.1) is 0 Å². The van der Waals surface area contributed by atoms with E-state index in [9.17, 15) is 10.2 Å². The van der Waals surface area contributed by atoms with Crippen LogP contribution in [0.5, 0.6) is 0 Å². The molecule has 0 saturated carbocycles. The molecule has 2 unspecified atom stereocenters. The Morgan fingerprint density at radius 2 is 1.93 bits per heavy atom. The Balaban J connectivity index is 2.27. The first-order valence-corrected chi connectivity index (χ1v) is 5.05. The van der Waals surface area contributed by atoms with Crippen LogP contribution in [0.2, 0.25) is 5.15 Å². The van der Waals surface area contributed by atoms with Gasteiger partial charge in [0.15, 0.2) is 0 Å². The maximum Gasteiger partial charge on any atom is 0.137 e. The smallest absolute Gasteiger partial charge is 0.137 e. The SMILES string of the molecule is Cc1c(Cl)ncnc1N1CC(O)C(O)C1. The van der Waals surface area contributed by atoms with Crippen LogP contribution < -0.4 is 4.90 Å². The van der Waals surface area contributed by atoms with E-state index in [0.29, 0.717) is 24.1 Å². The van der Waals surface area contributed by atoms with Gasteiger partial charge in [-0.3, -0.25) is 0 Å². The number of halogens is 1. The molecule has 1 aliphatic rings. The average molecular weight is 230 g/mol. The summed E-state index contributed by atoms with van der Waals surface area (Å²) in [5.74, 6) is 0.672. The van der Waals surface area contributed by atoms with Gasteiger partial charge < -0.3 is 15.1 Å². The van der Waals surface area contributed by atoms with E-state index in [1.807, 2.05) is 6.92 Å². The van der Waals surface area contributed by atoms with Crippen molar-refractivity contribution >= 4 is 17.4 Å². The molecule has 82 valence electrons. The van der Waals surface area contributed by atoms with Crippen LogP contribution in [0.25, 0.3) is 0 Å². The van der Waals surface area contributed by atoms with E-state index >= 15 is 0 Å². The normalized spacial score (nSPS) is 26.0. The number of anilines is 1. The van der Waals surface area contributed by atoms with Crippen molar-refractivity contribution in [2.45, 2.75) is 19.1 Å². The highest BCUT2D eigenvalue weighted by molar-refractivity contribution is 6.30. The summed E-state index contributed by atoms with van der Waals surface area (Å²) in [7, 11) is 0. The molecule has 0 amide bonds. The first kappa shape index (κ1) is 10.6. The molecule has 2 N–H and O–H groups in total. The second kappa shape index (κ2) is 3.92. The minimum Gasteiger partial charge on any atom is -0.389 e. The predicted molar refractivity (Wildman–Crippen MR) is 56.0 cm³/mol. The molecule has 2 heterocycles. The van der Waals surface area contributed by atoms with Crippen LogP contribution in [0.3, 0.4) is 0 Å². The third-order valence-electron chi connectivity index (χ3n) is 2.55. The van der Waals surface area contributed by atoms with E-state index in [-0.39, 0.29) is 0 Å². The lowest BCUT2D eigenvalue weighted by atomic mass is 10.3. The number of hydrogen-bond donors (Lipinski definition) is 2. The van der Waals surface area contributed by atoms with Gasteiger partial charge in [-0.1, -0.05) is 11.6 Å². The topological polar surface area (TPSA) is 69.5 Å². The zero-order chi connectivity index (χ0) is 11.0. The standard InChI is InChI=1S/C9H12ClN3O2/c1-5-8(10)11-4-12-9(5)13-2-6(14)7(15)3-13/h4,6-7,14-15H,2-3H2,1H3. The van der Waals surface area contributed by atoms with Gasteiger partial charge in [0, 0.05) is 18.7 Å². The maximum atomic E-state index is 9.42. The molecule has 1 aliphatic heterocycles. The summed E-state index contributed by atoms with van der Waals surface area (Å²) in [5.41, 5.74) is 0.764. The molecule has 0 spiro atoms. The Hall–Kier alpha value is -0.910. The lowest BCUT2D eigenvalue weighted by Gasteiger charge is -2.18. The Morgan fingerprint density at radius 1 is 1.33 bits per heavy atom. The molecule has 0 bridgehead atoms. The summed E-state index contributed by atoms with van der Waals surface area (Å²) in [4.78, 5) is 9.75. The van der Waals surface area contributed by atoms with E-state index in [1.165, 1.54) is 6.33 Å². The van der Waals surface area contributed by atoms with Crippen LogP contribution in [0.4, 0.5) is 5.82 Å². The zero-order valence-corrected chi connectivity index (χ0v) is 9.02. The Kier molecular flexibility index (Phi) is 2.77. The molecule has 1 saturated heterocycles. The molecular formula is C9H12ClN3O2. The van der Waals surface area contributed by atoms with E-state index in [0.717, 1.165) is 5.56 Å². The first-order chi connectivity index (χ1) is 7.09. The summed E-state index contributed by atoms with van der Waals surface area (Å²) in [6.07, 6.45) is -0.0712. The fourth-order valence-electron chi connectivity index (χ4n) is 1.68. The number of aromatic nitrogens is 2. The molecule has 5 nitrogen and oxygen atoms in total. The lowest BCUT2D eigenvalue weighted by molar-refractivity contribution is 0.0572. The minimum absolute atomic E-state index is 0.370. The second-order valence-electron chi connectivity index (χ2n) is 3.65. The molecule has 2 rings (SSSR count). The van der Waals surface area contributed by atoms with Crippen molar-refractivity contribution in [3.05, 3.63) is 17.0 Å². The monoisotopic (exact) mass is 229 g/mol. The van der Waals surface area contributed by atoms with E-state index in [1.54, 1.807) is 4.90 Å². The number of nitrogens with zero attached hydrogens (tertiary/aromatic N) is 3. The van der Waals surface area contributed by atoms with Crippen LogP contribution in [0.15, 0.2) is 6.33 Å². The van der Waals surface area contributed by atoms with Gasteiger partial charge in [0.25, 0.3) is 0 Å². The highest BCUT2D eigenvalue weighted by atomic mass is 35.5. The molecule has 6 heteroatoms. The van der Waals surface area contributed by atoms with Crippen molar-refractivity contribution in [1.29, 1.82) is 0 Å². The third kappa shape index (κ3) is 1.90. The molecule has 1 fully saturated rings. The van der Waals surface area contributed by atoms with Gasteiger partial charge in [0.1, 0.15) is 17.3 Å². The predicted octanol–water partition coefficient (Wildman–Crippen LogP) is -0.0198. The largest absolute Gasteiger partial charge is 0.389 e. The summed E-state index contributed by atoms with van der Waals surface area (Å²) in [6.45, 7) is 2.56. The summed E-state index contributed by atoms with van der Waals surface area (Å²) in [6, 6.07) is 0. The number of hydrogen-bond acceptors (Lipinski definition) is 5. The molecule has 2 atom stereocenters. The molecule has 0 radical (unpaired) electrons. The van der Waals surface area contributed by atoms with Crippen LogP contribution in [0, 0.1) is 6.92 Å². The molecule has 1 aromatic rings.